The topological polar surface area (TPSA) is 81.5 Å². The van der Waals surface area contributed by atoms with Crippen molar-refractivity contribution in [2.24, 2.45) is 17.8 Å². The number of allylic oxidation sites excluding steroid dienone is 4. The highest BCUT2D eigenvalue weighted by Crippen LogP contribution is 2.39. The molecule has 1 fully saturated rings. The van der Waals surface area contributed by atoms with E-state index in [9.17, 15) is 10.5 Å². The molecule has 0 aromatic carbocycles. The SMILES string of the molecule is CC1=C(n2cc(C)c3c(N4CCC(C(C#N)C#N)CC4)nc(C)nc32)C(C)CC(Br)=C1. The van der Waals surface area contributed by atoms with E-state index in [2.05, 4.69) is 70.6 Å². The largest absolute Gasteiger partial charge is 0.356 e. The second kappa shape index (κ2) is 8.48. The number of piperidine rings is 1. The summed E-state index contributed by atoms with van der Waals surface area (Å²) < 4.78 is 3.49. The van der Waals surface area contributed by atoms with Crippen LogP contribution in [-0.4, -0.2) is 27.6 Å². The molecule has 6 nitrogen and oxygen atoms in total. The molecule has 1 atom stereocenters. The fourth-order valence-electron chi connectivity index (χ4n) is 5.06. The molecule has 0 N–H and O–H groups in total. The van der Waals surface area contributed by atoms with Crippen molar-refractivity contribution < 1.29 is 0 Å². The minimum atomic E-state index is -0.521. The molecule has 1 aliphatic heterocycles. The molecule has 3 heterocycles. The van der Waals surface area contributed by atoms with Gasteiger partial charge in [-0.25, -0.2) is 9.97 Å². The molecule has 0 spiro atoms. The number of aromatic nitrogens is 3. The molecular formula is C24H27BrN6. The molecule has 160 valence electrons. The van der Waals surface area contributed by atoms with Gasteiger partial charge >= 0.3 is 0 Å². The van der Waals surface area contributed by atoms with Crippen molar-refractivity contribution in [1.82, 2.24) is 14.5 Å². The Morgan fingerprint density at radius 3 is 2.42 bits per heavy atom. The predicted molar refractivity (Wildman–Crippen MR) is 126 cm³/mol. The summed E-state index contributed by atoms with van der Waals surface area (Å²) in [6.07, 6.45) is 7.04. The van der Waals surface area contributed by atoms with Crippen molar-refractivity contribution in [2.75, 3.05) is 18.0 Å². The van der Waals surface area contributed by atoms with Crippen LogP contribution in [0.5, 0.6) is 0 Å². The summed E-state index contributed by atoms with van der Waals surface area (Å²) in [7, 11) is 0. The van der Waals surface area contributed by atoms with E-state index in [0.29, 0.717) is 5.92 Å². The summed E-state index contributed by atoms with van der Waals surface area (Å²) in [4.78, 5) is 12.0. The smallest absolute Gasteiger partial charge is 0.150 e. The molecule has 1 aliphatic carbocycles. The number of hydrogen-bond donors (Lipinski definition) is 0. The number of rotatable bonds is 3. The van der Waals surface area contributed by atoms with Crippen molar-refractivity contribution in [3.8, 4) is 12.1 Å². The molecule has 2 aromatic rings. The van der Waals surface area contributed by atoms with Gasteiger partial charge in [-0.05, 0) is 67.6 Å². The highest BCUT2D eigenvalue weighted by molar-refractivity contribution is 9.11. The lowest BCUT2D eigenvalue weighted by Gasteiger charge is -2.33. The molecule has 0 bridgehead atoms. The van der Waals surface area contributed by atoms with Crippen LogP contribution in [0.1, 0.15) is 44.5 Å². The third-order valence-corrected chi connectivity index (χ3v) is 7.07. The van der Waals surface area contributed by atoms with Crippen LogP contribution in [0.2, 0.25) is 0 Å². The van der Waals surface area contributed by atoms with Gasteiger partial charge in [0, 0.05) is 30.9 Å². The number of halogens is 1. The predicted octanol–water partition coefficient (Wildman–Crippen LogP) is 5.48. The molecule has 7 heteroatoms. The lowest BCUT2D eigenvalue weighted by molar-refractivity contribution is 0.366. The maximum Gasteiger partial charge on any atom is 0.150 e. The molecule has 4 rings (SSSR count). The van der Waals surface area contributed by atoms with Crippen LogP contribution in [0, 0.1) is 54.3 Å². The molecule has 2 aromatic heterocycles. The van der Waals surface area contributed by atoms with Crippen LogP contribution in [0.25, 0.3) is 16.7 Å². The fraction of sp³-hybridized carbons (Fsp3) is 0.500. The summed E-state index contributed by atoms with van der Waals surface area (Å²) in [6, 6.07) is 4.31. The van der Waals surface area contributed by atoms with E-state index in [4.69, 9.17) is 9.97 Å². The second-order valence-corrected chi connectivity index (χ2v) is 9.82. The van der Waals surface area contributed by atoms with Gasteiger partial charge in [0.2, 0.25) is 0 Å². The molecule has 31 heavy (non-hydrogen) atoms. The highest BCUT2D eigenvalue weighted by atomic mass is 79.9. The van der Waals surface area contributed by atoms with Crippen LogP contribution in [0.4, 0.5) is 5.82 Å². The molecular weight excluding hydrogens is 452 g/mol. The fourth-order valence-corrected chi connectivity index (χ4v) is 5.89. The first-order chi connectivity index (χ1) is 14.8. The maximum atomic E-state index is 9.24. The molecule has 1 saturated heterocycles. The molecule has 0 radical (unpaired) electrons. The summed E-state index contributed by atoms with van der Waals surface area (Å²) in [5.41, 5.74) is 4.66. The van der Waals surface area contributed by atoms with Crippen molar-refractivity contribution in [3.05, 3.63) is 33.7 Å². The van der Waals surface area contributed by atoms with Crippen LogP contribution in [-0.2, 0) is 0 Å². The average Bonchev–Trinajstić information content (AvgIpc) is 3.04. The normalized spacial score (nSPS) is 20.2. The first-order valence-electron chi connectivity index (χ1n) is 10.8. The number of anilines is 1. The van der Waals surface area contributed by atoms with E-state index in [-0.39, 0.29) is 5.92 Å². The summed E-state index contributed by atoms with van der Waals surface area (Å²) >= 11 is 3.67. The standard InChI is InChI=1S/C24H27BrN6/c1-14-9-20(25)10-15(2)22(14)31-13-16(3)21-23(28-17(4)29-24(21)31)30-7-5-18(6-8-30)19(11-26)12-27/h9,13,15,18-19H,5-8,10H2,1-4H3. The minimum Gasteiger partial charge on any atom is -0.356 e. The molecule has 0 amide bonds. The van der Waals surface area contributed by atoms with Crippen molar-refractivity contribution >= 4 is 38.5 Å². The third kappa shape index (κ3) is 3.88. The van der Waals surface area contributed by atoms with E-state index in [1.54, 1.807) is 0 Å². The lowest BCUT2D eigenvalue weighted by Crippen LogP contribution is -2.36. The van der Waals surface area contributed by atoms with Crippen LogP contribution in [0.15, 0.2) is 22.3 Å². The zero-order valence-electron chi connectivity index (χ0n) is 18.5. The maximum absolute atomic E-state index is 9.24. The molecule has 1 unspecified atom stereocenters. The van der Waals surface area contributed by atoms with E-state index in [1.165, 1.54) is 21.3 Å². The Kier molecular flexibility index (Phi) is 5.90. The van der Waals surface area contributed by atoms with Crippen molar-refractivity contribution in [2.45, 2.75) is 47.0 Å². The van der Waals surface area contributed by atoms with Crippen molar-refractivity contribution in [3.63, 3.8) is 0 Å². The van der Waals surface area contributed by atoms with Gasteiger partial charge in [-0.1, -0.05) is 22.9 Å². The Morgan fingerprint density at radius 1 is 1.13 bits per heavy atom. The average molecular weight is 479 g/mol. The van der Waals surface area contributed by atoms with Gasteiger partial charge in [0.15, 0.2) is 0 Å². The number of fused-ring (bicyclic) bond motifs is 1. The van der Waals surface area contributed by atoms with E-state index >= 15 is 0 Å². The number of aryl methyl sites for hydroxylation is 2. The van der Waals surface area contributed by atoms with Gasteiger partial charge < -0.3 is 9.47 Å². The number of nitrogens with zero attached hydrogens (tertiary/aromatic N) is 6. The van der Waals surface area contributed by atoms with Gasteiger partial charge in [0.05, 0.1) is 17.5 Å². The minimum absolute atomic E-state index is 0.136. The lowest BCUT2D eigenvalue weighted by atomic mass is 9.86. The van der Waals surface area contributed by atoms with Gasteiger partial charge in [-0.2, -0.15) is 10.5 Å². The number of nitriles is 2. The number of hydrogen-bond acceptors (Lipinski definition) is 5. The van der Waals surface area contributed by atoms with E-state index in [1.807, 2.05) is 6.92 Å². The highest BCUT2D eigenvalue weighted by Gasteiger charge is 2.29. The van der Waals surface area contributed by atoms with Gasteiger partial charge in [0.25, 0.3) is 0 Å². The zero-order chi connectivity index (χ0) is 22.3. The Bertz CT molecular complexity index is 1150. The van der Waals surface area contributed by atoms with Crippen molar-refractivity contribution in [1.29, 1.82) is 10.5 Å². The van der Waals surface area contributed by atoms with Gasteiger partial charge in [0.1, 0.15) is 23.2 Å². The molecule has 0 saturated carbocycles. The van der Waals surface area contributed by atoms with Crippen LogP contribution in [0.3, 0.4) is 0 Å². The Morgan fingerprint density at radius 2 is 1.81 bits per heavy atom. The van der Waals surface area contributed by atoms with Crippen LogP contribution >= 0.6 is 15.9 Å². The van der Waals surface area contributed by atoms with E-state index in [0.717, 1.165) is 55.0 Å². The van der Waals surface area contributed by atoms with Gasteiger partial charge in [-0.3, -0.25) is 0 Å². The summed E-state index contributed by atoms with van der Waals surface area (Å²) in [6.45, 7) is 10.1. The zero-order valence-corrected chi connectivity index (χ0v) is 20.1. The first-order valence-corrected chi connectivity index (χ1v) is 11.6. The van der Waals surface area contributed by atoms with E-state index < -0.39 is 5.92 Å². The Hall–Kier alpha value is -2.64. The third-order valence-electron chi connectivity index (χ3n) is 6.52. The Labute approximate surface area is 192 Å². The second-order valence-electron chi connectivity index (χ2n) is 8.80. The Balaban J connectivity index is 1.76. The summed E-state index contributed by atoms with van der Waals surface area (Å²) in [5.74, 6) is 1.73. The quantitative estimate of drug-likeness (QED) is 0.583. The molecule has 2 aliphatic rings. The van der Waals surface area contributed by atoms with Gasteiger partial charge in [-0.15, -0.1) is 0 Å². The van der Waals surface area contributed by atoms with Crippen LogP contribution < -0.4 is 4.90 Å². The summed E-state index contributed by atoms with van der Waals surface area (Å²) in [5, 5.41) is 19.6. The monoisotopic (exact) mass is 478 g/mol. The first kappa shape index (κ1) is 21.6.